The van der Waals surface area contributed by atoms with Crippen LogP contribution in [0.15, 0.2) is 24.4 Å². The fourth-order valence-electron chi connectivity index (χ4n) is 1.59. The molecule has 5 heteroatoms. The van der Waals surface area contributed by atoms with Crippen LogP contribution in [-0.2, 0) is 17.8 Å². The summed E-state index contributed by atoms with van der Waals surface area (Å²) in [5, 5.41) is 9.47. The average molecular weight is 277 g/mol. The number of ether oxygens (including phenoxy) is 1. The summed E-state index contributed by atoms with van der Waals surface area (Å²) in [6, 6.07) is 5.93. The SMILES string of the molecule is Cc1ccc(OCc2ncc(CC(=O)O)s2)cc1C. The zero-order chi connectivity index (χ0) is 13.8. The van der Waals surface area contributed by atoms with Gasteiger partial charge in [0.15, 0.2) is 0 Å². The van der Waals surface area contributed by atoms with Crippen LogP contribution in [0.2, 0.25) is 0 Å². The smallest absolute Gasteiger partial charge is 0.308 e. The van der Waals surface area contributed by atoms with Crippen LogP contribution in [-0.4, -0.2) is 16.1 Å². The Kier molecular flexibility index (Phi) is 4.16. The van der Waals surface area contributed by atoms with E-state index in [0.717, 1.165) is 15.6 Å². The van der Waals surface area contributed by atoms with Crippen molar-refractivity contribution in [1.29, 1.82) is 0 Å². The molecule has 2 aromatic rings. The second-order valence-corrected chi connectivity index (χ2v) is 5.53. The first-order chi connectivity index (χ1) is 9.04. The zero-order valence-electron chi connectivity index (χ0n) is 10.8. The molecule has 2 rings (SSSR count). The Bertz CT molecular complexity index is 592. The molecule has 0 bridgehead atoms. The molecule has 0 saturated carbocycles. The predicted molar refractivity (Wildman–Crippen MR) is 73.7 cm³/mol. The van der Waals surface area contributed by atoms with Gasteiger partial charge >= 0.3 is 5.97 Å². The fourth-order valence-corrected chi connectivity index (χ4v) is 2.42. The summed E-state index contributed by atoms with van der Waals surface area (Å²) >= 11 is 1.37. The number of aromatic nitrogens is 1. The number of hydrogen-bond acceptors (Lipinski definition) is 4. The van der Waals surface area contributed by atoms with E-state index < -0.39 is 5.97 Å². The molecule has 0 aliphatic carbocycles. The molecule has 0 saturated heterocycles. The van der Waals surface area contributed by atoms with Crippen LogP contribution in [0, 0.1) is 13.8 Å². The summed E-state index contributed by atoms with van der Waals surface area (Å²) in [5.74, 6) is -0.0386. The first-order valence-electron chi connectivity index (χ1n) is 5.90. The summed E-state index contributed by atoms with van der Waals surface area (Å²) in [4.78, 5) is 15.5. The number of aryl methyl sites for hydroxylation is 2. The third-order valence-electron chi connectivity index (χ3n) is 2.77. The van der Waals surface area contributed by atoms with Gasteiger partial charge in [0, 0.05) is 11.1 Å². The Labute approximate surface area is 115 Å². The Hall–Kier alpha value is -1.88. The van der Waals surface area contributed by atoms with Crippen molar-refractivity contribution in [2.24, 2.45) is 0 Å². The number of aliphatic carboxylic acids is 1. The molecule has 0 aliphatic heterocycles. The number of carboxylic acids is 1. The van der Waals surface area contributed by atoms with Gasteiger partial charge in [0.05, 0.1) is 6.42 Å². The molecule has 0 spiro atoms. The molecule has 0 radical (unpaired) electrons. The molecule has 1 N–H and O–H groups in total. The van der Waals surface area contributed by atoms with Crippen molar-refractivity contribution < 1.29 is 14.6 Å². The van der Waals surface area contributed by atoms with Crippen molar-refractivity contribution in [3.8, 4) is 5.75 Å². The van der Waals surface area contributed by atoms with Crippen molar-refractivity contribution in [2.75, 3.05) is 0 Å². The highest BCUT2D eigenvalue weighted by atomic mass is 32.1. The molecule has 19 heavy (non-hydrogen) atoms. The normalized spacial score (nSPS) is 10.4. The fraction of sp³-hybridized carbons (Fsp3) is 0.286. The van der Waals surface area contributed by atoms with Crippen molar-refractivity contribution in [3.05, 3.63) is 45.4 Å². The second-order valence-electron chi connectivity index (χ2n) is 4.33. The van der Waals surface area contributed by atoms with Crippen LogP contribution in [0.1, 0.15) is 21.0 Å². The van der Waals surface area contributed by atoms with E-state index in [4.69, 9.17) is 9.84 Å². The van der Waals surface area contributed by atoms with Gasteiger partial charge in [0.25, 0.3) is 0 Å². The average Bonchev–Trinajstić information content (AvgIpc) is 2.77. The quantitative estimate of drug-likeness (QED) is 0.912. The first-order valence-corrected chi connectivity index (χ1v) is 6.71. The van der Waals surface area contributed by atoms with Gasteiger partial charge in [0.2, 0.25) is 0 Å². The Morgan fingerprint density at radius 3 is 2.84 bits per heavy atom. The highest BCUT2D eigenvalue weighted by Gasteiger charge is 2.07. The van der Waals surface area contributed by atoms with Crippen LogP contribution >= 0.6 is 11.3 Å². The molecular weight excluding hydrogens is 262 g/mol. The number of nitrogens with zero attached hydrogens (tertiary/aromatic N) is 1. The zero-order valence-corrected chi connectivity index (χ0v) is 11.7. The van der Waals surface area contributed by atoms with E-state index in [1.54, 1.807) is 6.20 Å². The molecule has 4 nitrogen and oxygen atoms in total. The molecule has 0 atom stereocenters. The molecule has 1 aromatic carbocycles. The molecule has 100 valence electrons. The van der Waals surface area contributed by atoms with E-state index in [1.165, 1.54) is 22.5 Å². The first kappa shape index (κ1) is 13.5. The van der Waals surface area contributed by atoms with Gasteiger partial charge in [-0.15, -0.1) is 11.3 Å². The van der Waals surface area contributed by atoms with Crippen LogP contribution < -0.4 is 4.74 Å². The van der Waals surface area contributed by atoms with Gasteiger partial charge in [-0.05, 0) is 37.1 Å². The Morgan fingerprint density at radius 1 is 1.37 bits per heavy atom. The predicted octanol–water partition coefficient (Wildman–Crippen LogP) is 2.97. The maximum absolute atomic E-state index is 10.6. The largest absolute Gasteiger partial charge is 0.486 e. The standard InChI is InChI=1S/C14H15NO3S/c1-9-3-4-11(5-10(9)2)18-8-13-15-7-12(19-13)6-14(16)17/h3-5,7H,6,8H2,1-2H3,(H,16,17). The third-order valence-corrected chi connectivity index (χ3v) is 3.74. The lowest BCUT2D eigenvalue weighted by Gasteiger charge is -2.06. The Morgan fingerprint density at radius 2 is 2.16 bits per heavy atom. The molecule has 1 aromatic heterocycles. The highest BCUT2D eigenvalue weighted by Crippen LogP contribution is 2.19. The molecule has 0 amide bonds. The summed E-state index contributed by atoms with van der Waals surface area (Å²) in [5.41, 5.74) is 2.41. The molecule has 0 unspecified atom stereocenters. The summed E-state index contributed by atoms with van der Waals surface area (Å²) in [7, 11) is 0. The van der Waals surface area contributed by atoms with Crippen LogP contribution in [0.25, 0.3) is 0 Å². The number of carbonyl (C=O) groups is 1. The second kappa shape index (κ2) is 5.84. The monoisotopic (exact) mass is 277 g/mol. The van der Waals surface area contributed by atoms with Crippen molar-refractivity contribution in [3.63, 3.8) is 0 Å². The minimum Gasteiger partial charge on any atom is -0.486 e. The van der Waals surface area contributed by atoms with Crippen LogP contribution in [0.4, 0.5) is 0 Å². The van der Waals surface area contributed by atoms with Crippen LogP contribution in [0.5, 0.6) is 5.75 Å². The lowest BCUT2D eigenvalue weighted by atomic mass is 10.1. The number of carboxylic acid groups (broad SMARTS) is 1. The van der Waals surface area contributed by atoms with E-state index in [9.17, 15) is 4.79 Å². The van der Waals surface area contributed by atoms with Gasteiger partial charge in [-0.3, -0.25) is 4.79 Å². The number of rotatable bonds is 5. The van der Waals surface area contributed by atoms with Crippen molar-refractivity contribution in [1.82, 2.24) is 4.98 Å². The number of thiazole rings is 1. The lowest BCUT2D eigenvalue weighted by molar-refractivity contribution is -0.136. The molecule has 0 aliphatic rings. The van der Waals surface area contributed by atoms with E-state index in [-0.39, 0.29) is 6.42 Å². The minimum atomic E-state index is -0.842. The van der Waals surface area contributed by atoms with E-state index in [2.05, 4.69) is 11.9 Å². The summed E-state index contributed by atoms with van der Waals surface area (Å²) in [6.07, 6.45) is 1.61. The Balaban J connectivity index is 1.96. The van der Waals surface area contributed by atoms with Crippen LogP contribution in [0.3, 0.4) is 0 Å². The van der Waals surface area contributed by atoms with E-state index in [1.807, 2.05) is 25.1 Å². The molecule has 0 fully saturated rings. The van der Waals surface area contributed by atoms with Gasteiger partial charge in [0.1, 0.15) is 17.4 Å². The van der Waals surface area contributed by atoms with Gasteiger partial charge in [-0.25, -0.2) is 4.98 Å². The van der Waals surface area contributed by atoms with E-state index >= 15 is 0 Å². The molecular formula is C14H15NO3S. The summed E-state index contributed by atoms with van der Waals surface area (Å²) in [6.45, 7) is 4.46. The van der Waals surface area contributed by atoms with Gasteiger partial charge < -0.3 is 9.84 Å². The number of hydrogen-bond donors (Lipinski definition) is 1. The minimum absolute atomic E-state index is 0.0152. The molecule has 1 heterocycles. The maximum Gasteiger partial charge on any atom is 0.308 e. The maximum atomic E-state index is 10.6. The topological polar surface area (TPSA) is 59.4 Å². The van der Waals surface area contributed by atoms with E-state index in [0.29, 0.717) is 6.61 Å². The third kappa shape index (κ3) is 3.79. The number of benzene rings is 1. The van der Waals surface area contributed by atoms with Gasteiger partial charge in [-0.2, -0.15) is 0 Å². The van der Waals surface area contributed by atoms with Crippen molar-refractivity contribution >= 4 is 17.3 Å². The van der Waals surface area contributed by atoms with Crippen molar-refractivity contribution in [2.45, 2.75) is 26.9 Å². The lowest BCUT2D eigenvalue weighted by Crippen LogP contribution is -1.97. The highest BCUT2D eigenvalue weighted by molar-refractivity contribution is 7.11. The summed E-state index contributed by atoms with van der Waals surface area (Å²) < 4.78 is 5.65. The van der Waals surface area contributed by atoms with Gasteiger partial charge in [-0.1, -0.05) is 6.07 Å².